The number of ether oxygens (including phenoxy) is 2. The topological polar surface area (TPSA) is 67.9 Å². The zero-order valence-corrected chi connectivity index (χ0v) is 18.9. The molecule has 1 fully saturated rings. The minimum absolute atomic E-state index is 0.0268. The molecule has 1 N–H and O–H groups in total. The van der Waals surface area contributed by atoms with E-state index in [9.17, 15) is 14.0 Å². The van der Waals surface area contributed by atoms with Crippen molar-refractivity contribution in [2.45, 2.75) is 25.7 Å². The second-order valence-corrected chi connectivity index (χ2v) is 8.26. The fourth-order valence-corrected chi connectivity index (χ4v) is 4.14. The molecule has 0 unspecified atom stereocenters. The van der Waals surface area contributed by atoms with E-state index in [0.29, 0.717) is 38.0 Å². The molecule has 0 bridgehead atoms. The number of rotatable bonds is 8. The summed E-state index contributed by atoms with van der Waals surface area (Å²) in [5.41, 5.74) is 2.60. The SMILES string of the molecule is COCC(=O)N1C[C@H](C(=O)NCCc2ccc(OC)cc2)C[C@@H](c2ccc(F)c(C)c2)C1. The number of carbonyl (C=O) groups is 2. The highest BCUT2D eigenvalue weighted by Crippen LogP contribution is 2.31. The van der Waals surface area contributed by atoms with E-state index in [0.717, 1.165) is 16.9 Å². The van der Waals surface area contributed by atoms with Crippen molar-refractivity contribution in [2.75, 3.05) is 40.5 Å². The van der Waals surface area contributed by atoms with Crippen molar-refractivity contribution in [3.8, 4) is 5.75 Å². The van der Waals surface area contributed by atoms with Gasteiger partial charge in [-0.1, -0.05) is 24.3 Å². The zero-order valence-electron chi connectivity index (χ0n) is 18.9. The lowest BCUT2D eigenvalue weighted by atomic mass is 9.83. The van der Waals surface area contributed by atoms with Gasteiger partial charge in [0.2, 0.25) is 11.8 Å². The van der Waals surface area contributed by atoms with Crippen LogP contribution in [0.15, 0.2) is 42.5 Å². The Morgan fingerprint density at radius 1 is 1.12 bits per heavy atom. The van der Waals surface area contributed by atoms with Gasteiger partial charge in [0.1, 0.15) is 18.2 Å². The number of aryl methyl sites for hydroxylation is 1. The maximum Gasteiger partial charge on any atom is 0.248 e. The van der Waals surface area contributed by atoms with Crippen LogP contribution in [0, 0.1) is 18.7 Å². The van der Waals surface area contributed by atoms with E-state index >= 15 is 0 Å². The van der Waals surface area contributed by atoms with Crippen molar-refractivity contribution < 1.29 is 23.5 Å². The van der Waals surface area contributed by atoms with Gasteiger partial charge >= 0.3 is 0 Å². The Balaban J connectivity index is 1.66. The fourth-order valence-electron chi connectivity index (χ4n) is 4.14. The number of hydrogen-bond acceptors (Lipinski definition) is 4. The molecule has 6 nitrogen and oxygen atoms in total. The first-order chi connectivity index (χ1) is 15.4. The summed E-state index contributed by atoms with van der Waals surface area (Å²) >= 11 is 0. The monoisotopic (exact) mass is 442 g/mol. The standard InChI is InChI=1S/C25H31FN2O4/c1-17-12-19(6-9-23(17)26)20-13-21(15-28(14-20)24(29)16-31-2)25(30)27-11-10-18-4-7-22(32-3)8-5-18/h4-9,12,20-21H,10-11,13-16H2,1-3H3,(H,27,30)/t20-,21-/m1/s1. The number of hydrogen-bond donors (Lipinski definition) is 1. The average molecular weight is 443 g/mol. The zero-order chi connectivity index (χ0) is 23.1. The lowest BCUT2D eigenvalue weighted by Gasteiger charge is -2.37. The largest absolute Gasteiger partial charge is 0.497 e. The van der Waals surface area contributed by atoms with Gasteiger partial charge in [-0.15, -0.1) is 0 Å². The molecule has 0 aromatic heterocycles. The fraction of sp³-hybridized carbons (Fsp3) is 0.440. The van der Waals surface area contributed by atoms with E-state index in [2.05, 4.69) is 5.32 Å². The number of halogens is 1. The van der Waals surface area contributed by atoms with E-state index in [-0.39, 0.29) is 36.1 Å². The summed E-state index contributed by atoms with van der Waals surface area (Å²) in [6, 6.07) is 12.7. The highest BCUT2D eigenvalue weighted by Gasteiger charge is 2.34. The van der Waals surface area contributed by atoms with Gasteiger partial charge in [-0.25, -0.2) is 4.39 Å². The highest BCUT2D eigenvalue weighted by atomic mass is 19.1. The summed E-state index contributed by atoms with van der Waals surface area (Å²) in [4.78, 5) is 27.2. The first-order valence-corrected chi connectivity index (χ1v) is 10.8. The van der Waals surface area contributed by atoms with Crippen molar-refractivity contribution in [3.05, 3.63) is 65.0 Å². The Labute approximate surface area is 188 Å². The van der Waals surface area contributed by atoms with Crippen LogP contribution in [0.3, 0.4) is 0 Å². The first-order valence-electron chi connectivity index (χ1n) is 10.8. The molecule has 1 aliphatic heterocycles. The maximum atomic E-state index is 13.7. The van der Waals surface area contributed by atoms with E-state index in [1.165, 1.54) is 13.2 Å². The van der Waals surface area contributed by atoms with Crippen LogP contribution in [0.4, 0.5) is 4.39 Å². The molecule has 2 aromatic rings. The summed E-state index contributed by atoms with van der Waals surface area (Å²) in [5.74, 6) is -0.0612. The molecule has 1 saturated heterocycles. The van der Waals surface area contributed by atoms with Crippen molar-refractivity contribution in [1.82, 2.24) is 10.2 Å². The van der Waals surface area contributed by atoms with Crippen LogP contribution in [0.2, 0.25) is 0 Å². The summed E-state index contributed by atoms with van der Waals surface area (Å²) < 4.78 is 23.9. The molecule has 0 radical (unpaired) electrons. The summed E-state index contributed by atoms with van der Waals surface area (Å²) in [7, 11) is 3.10. The third-order valence-corrected chi connectivity index (χ3v) is 5.97. The second kappa shape index (κ2) is 11.1. The van der Waals surface area contributed by atoms with E-state index < -0.39 is 0 Å². The Bertz CT molecular complexity index is 932. The maximum absolute atomic E-state index is 13.7. The van der Waals surface area contributed by atoms with Crippen LogP contribution < -0.4 is 10.1 Å². The Kier molecular flexibility index (Phi) is 8.22. The van der Waals surface area contributed by atoms with Crippen molar-refractivity contribution in [3.63, 3.8) is 0 Å². The minimum Gasteiger partial charge on any atom is -0.497 e. The van der Waals surface area contributed by atoms with Gasteiger partial charge < -0.3 is 19.7 Å². The van der Waals surface area contributed by atoms with E-state index in [1.54, 1.807) is 25.0 Å². The molecule has 2 aromatic carbocycles. The number of piperidine rings is 1. The number of amides is 2. The number of nitrogens with one attached hydrogen (secondary N) is 1. The molecule has 32 heavy (non-hydrogen) atoms. The second-order valence-electron chi connectivity index (χ2n) is 8.26. The molecule has 2 atom stereocenters. The summed E-state index contributed by atoms with van der Waals surface area (Å²) in [6.45, 7) is 3.05. The minimum atomic E-state index is -0.337. The number of methoxy groups -OCH3 is 2. The molecule has 7 heteroatoms. The number of carbonyl (C=O) groups excluding carboxylic acids is 2. The molecule has 0 spiro atoms. The van der Waals surface area contributed by atoms with Crippen molar-refractivity contribution in [1.29, 1.82) is 0 Å². The molecule has 1 aliphatic rings. The molecule has 1 heterocycles. The Morgan fingerprint density at radius 2 is 1.88 bits per heavy atom. The first kappa shape index (κ1) is 23.7. The average Bonchev–Trinajstić information content (AvgIpc) is 2.81. The molecule has 0 saturated carbocycles. The van der Waals surface area contributed by atoms with Crippen LogP contribution in [0.1, 0.15) is 29.0 Å². The number of benzene rings is 2. The Morgan fingerprint density at radius 3 is 2.53 bits per heavy atom. The van der Waals surface area contributed by atoms with Gasteiger partial charge in [0, 0.05) is 32.7 Å². The van der Waals surface area contributed by atoms with Gasteiger partial charge in [-0.3, -0.25) is 9.59 Å². The third-order valence-electron chi connectivity index (χ3n) is 5.97. The molecule has 172 valence electrons. The van der Waals surface area contributed by atoms with Crippen LogP contribution in [-0.2, 0) is 20.7 Å². The molecule has 2 amide bonds. The normalized spacial score (nSPS) is 18.3. The molecular weight excluding hydrogens is 411 g/mol. The molecule has 3 rings (SSSR count). The lowest BCUT2D eigenvalue weighted by Crippen LogP contribution is -2.49. The lowest BCUT2D eigenvalue weighted by molar-refractivity contribution is -0.139. The van der Waals surface area contributed by atoms with Crippen LogP contribution in [0.25, 0.3) is 0 Å². The van der Waals surface area contributed by atoms with Gasteiger partial charge in [-0.05, 0) is 54.7 Å². The van der Waals surface area contributed by atoms with E-state index in [4.69, 9.17) is 9.47 Å². The van der Waals surface area contributed by atoms with E-state index in [1.807, 2.05) is 30.3 Å². The number of likely N-dealkylation sites (tertiary alicyclic amines) is 1. The summed E-state index contributed by atoms with van der Waals surface area (Å²) in [6.07, 6.45) is 1.31. The van der Waals surface area contributed by atoms with Crippen LogP contribution in [0.5, 0.6) is 5.75 Å². The van der Waals surface area contributed by atoms with Gasteiger partial charge in [-0.2, -0.15) is 0 Å². The molecular formula is C25H31FN2O4. The predicted octanol–water partition coefficient (Wildman–Crippen LogP) is 3.08. The highest BCUT2D eigenvalue weighted by molar-refractivity contribution is 5.82. The third kappa shape index (κ3) is 6.07. The van der Waals surface area contributed by atoms with Gasteiger partial charge in [0.05, 0.1) is 13.0 Å². The summed E-state index contributed by atoms with van der Waals surface area (Å²) in [5, 5.41) is 3.01. The van der Waals surface area contributed by atoms with Crippen LogP contribution >= 0.6 is 0 Å². The number of nitrogens with zero attached hydrogens (tertiary/aromatic N) is 1. The quantitative estimate of drug-likeness (QED) is 0.682. The predicted molar refractivity (Wildman–Crippen MR) is 120 cm³/mol. The van der Waals surface area contributed by atoms with Gasteiger partial charge in [0.25, 0.3) is 0 Å². The smallest absolute Gasteiger partial charge is 0.248 e. The van der Waals surface area contributed by atoms with Crippen LogP contribution in [-0.4, -0.2) is 57.2 Å². The van der Waals surface area contributed by atoms with Crippen molar-refractivity contribution >= 4 is 11.8 Å². The molecule has 0 aliphatic carbocycles. The Hall–Kier alpha value is -2.93. The van der Waals surface area contributed by atoms with Gasteiger partial charge in [0.15, 0.2) is 0 Å². The van der Waals surface area contributed by atoms with Crippen molar-refractivity contribution in [2.24, 2.45) is 5.92 Å².